The number of hydrogen-bond donors (Lipinski definition) is 2. The Kier molecular flexibility index (Phi) is 7.95. The lowest BCUT2D eigenvalue weighted by Crippen LogP contribution is -2.26. The van der Waals surface area contributed by atoms with Crippen molar-refractivity contribution in [2.75, 3.05) is 0 Å². The summed E-state index contributed by atoms with van der Waals surface area (Å²) in [6.45, 7) is 0. The highest BCUT2D eigenvalue weighted by Crippen LogP contribution is 2.32. The monoisotopic (exact) mass is 410 g/mol. The maximum absolute atomic E-state index is 6.02. The van der Waals surface area contributed by atoms with Crippen LogP contribution in [0.2, 0.25) is 20.1 Å². The highest BCUT2D eigenvalue weighted by Gasteiger charge is 2.05. The SMILES string of the molecule is Cl.NC(=Nc1c(Cl)cccc1Cl)N/N=C/c1c(Cl)cccc1Cl. The van der Waals surface area contributed by atoms with Crippen molar-refractivity contribution in [3.8, 4) is 0 Å². The van der Waals surface area contributed by atoms with Crippen LogP contribution in [-0.2, 0) is 0 Å². The molecule has 0 aliphatic rings. The first-order valence-electron chi connectivity index (χ1n) is 6.00. The molecule has 0 unspecified atom stereocenters. The van der Waals surface area contributed by atoms with Gasteiger partial charge in [-0.05, 0) is 24.3 Å². The number of benzene rings is 2. The molecular formula is C14H11Cl5N4. The van der Waals surface area contributed by atoms with Gasteiger partial charge >= 0.3 is 0 Å². The van der Waals surface area contributed by atoms with Gasteiger partial charge in [0, 0.05) is 5.56 Å². The predicted octanol–water partition coefficient (Wildman–Crippen LogP) is 5.29. The fraction of sp³-hybridized carbons (Fsp3) is 0. The first-order valence-corrected chi connectivity index (χ1v) is 7.51. The number of hydrazone groups is 1. The van der Waals surface area contributed by atoms with E-state index < -0.39 is 0 Å². The quantitative estimate of drug-likeness (QED) is 0.409. The van der Waals surface area contributed by atoms with Crippen molar-refractivity contribution in [2.24, 2.45) is 15.8 Å². The van der Waals surface area contributed by atoms with Gasteiger partial charge in [0.05, 0.1) is 26.3 Å². The summed E-state index contributed by atoms with van der Waals surface area (Å²) >= 11 is 24.0. The molecule has 0 fully saturated rings. The molecule has 0 spiro atoms. The molecule has 9 heteroatoms. The number of hydrogen-bond acceptors (Lipinski definition) is 2. The predicted molar refractivity (Wildman–Crippen MR) is 102 cm³/mol. The summed E-state index contributed by atoms with van der Waals surface area (Å²) in [5, 5.41) is 5.65. The maximum Gasteiger partial charge on any atom is 0.214 e. The van der Waals surface area contributed by atoms with Crippen LogP contribution in [-0.4, -0.2) is 12.2 Å². The average Bonchev–Trinajstić information content (AvgIpc) is 2.46. The molecule has 0 saturated heterocycles. The Hall–Kier alpha value is -1.17. The highest BCUT2D eigenvalue weighted by atomic mass is 35.5. The van der Waals surface area contributed by atoms with Gasteiger partial charge < -0.3 is 5.73 Å². The third kappa shape index (κ3) is 5.44. The zero-order valence-corrected chi connectivity index (χ0v) is 15.3. The summed E-state index contributed by atoms with van der Waals surface area (Å²) in [6.07, 6.45) is 1.45. The second kappa shape index (κ2) is 9.21. The number of para-hydroxylation sites is 1. The van der Waals surface area contributed by atoms with E-state index in [1.54, 1.807) is 36.4 Å². The Morgan fingerprint density at radius 3 is 1.91 bits per heavy atom. The minimum atomic E-state index is 0. The molecule has 2 aromatic carbocycles. The number of guanidine groups is 1. The van der Waals surface area contributed by atoms with Gasteiger partial charge in [-0.15, -0.1) is 12.4 Å². The molecule has 2 aromatic rings. The summed E-state index contributed by atoms with van der Waals surface area (Å²) < 4.78 is 0. The van der Waals surface area contributed by atoms with E-state index in [4.69, 9.17) is 52.1 Å². The molecular weight excluding hydrogens is 401 g/mol. The maximum atomic E-state index is 6.02. The van der Waals surface area contributed by atoms with E-state index in [0.29, 0.717) is 31.3 Å². The van der Waals surface area contributed by atoms with Gasteiger partial charge in [-0.2, -0.15) is 5.10 Å². The standard InChI is InChI=1S/C14H10Cl4N4.ClH/c15-9-3-1-4-10(16)8(9)7-20-22-14(19)21-13-11(17)5-2-6-12(13)18;/h1-7H,(H3,19,21,22);1H/b20-7+;. The van der Waals surface area contributed by atoms with Crippen molar-refractivity contribution >= 4 is 76.7 Å². The number of nitrogens with two attached hydrogens (primary N) is 1. The van der Waals surface area contributed by atoms with Crippen LogP contribution in [0.3, 0.4) is 0 Å². The van der Waals surface area contributed by atoms with Crippen LogP contribution in [0.15, 0.2) is 46.5 Å². The minimum absolute atomic E-state index is 0. The molecule has 0 aliphatic carbocycles. The van der Waals surface area contributed by atoms with E-state index >= 15 is 0 Å². The van der Waals surface area contributed by atoms with E-state index in [9.17, 15) is 0 Å². The third-order valence-corrected chi connectivity index (χ3v) is 3.81. The van der Waals surface area contributed by atoms with Crippen LogP contribution in [0, 0.1) is 0 Å². The summed E-state index contributed by atoms with van der Waals surface area (Å²) in [6, 6.07) is 10.2. The minimum Gasteiger partial charge on any atom is -0.368 e. The van der Waals surface area contributed by atoms with Gasteiger partial charge in [0.25, 0.3) is 0 Å². The molecule has 0 amide bonds. The summed E-state index contributed by atoms with van der Waals surface area (Å²) in [7, 11) is 0. The Morgan fingerprint density at radius 2 is 1.39 bits per heavy atom. The van der Waals surface area contributed by atoms with E-state index in [2.05, 4.69) is 15.5 Å². The number of rotatable bonds is 3. The van der Waals surface area contributed by atoms with E-state index in [1.807, 2.05) is 0 Å². The normalized spacial score (nSPS) is 11.4. The van der Waals surface area contributed by atoms with Gasteiger partial charge in [0.1, 0.15) is 5.69 Å². The number of nitrogens with zero attached hydrogens (tertiary/aromatic N) is 2. The number of halogens is 5. The Morgan fingerprint density at radius 1 is 0.913 bits per heavy atom. The molecule has 0 atom stereocenters. The average molecular weight is 413 g/mol. The van der Waals surface area contributed by atoms with Gasteiger partial charge in [0.15, 0.2) is 0 Å². The van der Waals surface area contributed by atoms with Crippen molar-refractivity contribution in [3.63, 3.8) is 0 Å². The first-order chi connectivity index (χ1) is 10.5. The molecule has 0 heterocycles. The fourth-order valence-electron chi connectivity index (χ4n) is 1.54. The Labute approximate surface area is 159 Å². The van der Waals surface area contributed by atoms with Crippen molar-refractivity contribution in [1.82, 2.24) is 5.43 Å². The largest absolute Gasteiger partial charge is 0.368 e. The number of nitrogens with one attached hydrogen (secondary N) is 1. The first kappa shape index (κ1) is 19.9. The molecule has 0 saturated carbocycles. The topological polar surface area (TPSA) is 62.8 Å². The highest BCUT2D eigenvalue weighted by molar-refractivity contribution is 6.39. The fourth-order valence-corrected chi connectivity index (χ4v) is 2.52. The van der Waals surface area contributed by atoms with E-state index in [-0.39, 0.29) is 18.4 Å². The van der Waals surface area contributed by atoms with Crippen LogP contribution in [0.1, 0.15) is 5.56 Å². The lowest BCUT2D eigenvalue weighted by Gasteiger charge is -2.04. The lowest BCUT2D eigenvalue weighted by molar-refractivity contribution is 1.01. The van der Waals surface area contributed by atoms with Crippen LogP contribution in [0.5, 0.6) is 0 Å². The molecule has 122 valence electrons. The molecule has 3 N–H and O–H groups in total. The smallest absolute Gasteiger partial charge is 0.214 e. The molecule has 4 nitrogen and oxygen atoms in total. The molecule has 0 aliphatic heterocycles. The third-order valence-electron chi connectivity index (χ3n) is 2.54. The van der Waals surface area contributed by atoms with E-state index in [1.165, 1.54) is 6.21 Å². The van der Waals surface area contributed by atoms with Gasteiger partial charge in [-0.1, -0.05) is 58.5 Å². The second-order valence-electron chi connectivity index (χ2n) is 4.07. The Balaban J connectivity index is 0.00000264. The molecule has 2 rings (SSSR count). The van der Waals surface area contributed by atoms with Crippen molar-refractivity contribution in [3.05, 3.63) is 62.1 Å². The van der Waals surface area contributed by atoms with E-state index in [0.717, 1.165) is 0 Å². The zero-order valence-electron chi connectivity index (χ0n) is 11.4. The summed E-state index contributed by atoms with van der Waals surface area (Å²) in [5.41, 5.74) is 9.21. The summed E-state index contributed by atoms with van der Waals surface area (Å²) in [4.78, 5) is 4.07. The number of aliphatic imine (C=N–C) groups is 1. The van der Waals surface area contributed by atoms with Crippen molar-refractivity contribution in [1.29, 1.82) is 0 Å². The van der Waals surface area contributed by atoms with Gasteiger partial charge in [-0.3, -0.25) is 0 Å². The zero-order chi connectivity index (χ0) is 16.1. The molecule has 23 heavy (non-hydrogen) atoms. The van der Waals surface area contributed by atoms with Crippen molar-refractivity contribution < 1.29 is 0 Å². The molecule has 0 radical (unpaired) electrons. The van der Waals surface area contributed by atoms with Gasteiger partial charge in [-0.25, -0.2) is 10.4 Å². The van der Waals surface area contributed by atoms with Crippen LogP contribution in [0.4, 0.5) is 5.69 Å². The molecule has 0 bridgehead atoms. The van der Waals surface area contributed by atoms with Crippen molar-refractivity contribution in [2.45, 2.75) is 0 Å². The summed E-state index contributed by atoms with van der Waals surface area (Å²) in [5.74, 6) is 0.0226. The van der Waals surface area contributed by atoms with Gasteiger partial charge in [0.2, 0.25) is 5.96 Å². The van der Waals surface area contributed by atoms with Crippen LogP contribution < -0.4 is 11.2 Å². The lowest BCUT2D eigenvalue weighted by atomic mass is 10.2. The Bertz CT molecular complexity index is 705. The second-order valence-corrected chi connectivity index (χ2v) is 5.70. The molecule has 0 aromatic heterocycles. The van der Waals surface area contributed by atoms with Crippen LogP contribution >= 0.6 is 58.8 Å². The van der Waals surface area contributed by atoms with Crippen LogP contribution in [0.25, 0.3) is 0 Å².